The van der Waals surface area contributed by atoms with Gasteiger partial charge >= 0.3 is 0 Å². The van der Waals surface area contributed by atoms with Crippen molar-refractivity contribution >= 4 is 0 Å². The molecule has 0 saturated heterocycles. The maximum absolute atomic E-state index is 8.68. The average Bonchev–Trinajstić information content (AvgIpc) is 2.00. The molecule has 0 spiro atoms. The van der Waals surface area contributed by atoms with E-state index >= 15 is 0 Å². The van der Waals surface area contributed by atoms with E-state index in [1.54, 1.807) is 0 Å². The van der Waals surface area contributed by atoms with Crippen LogP contribution in [-0.2, 0) is 0 Å². The van der Waals surface area contributed by atoms with Crippen molar-refractivity contribution < 1.29 is 5.11 Å². The molecule has 1 N–H and O–H groups in total. The summed E-state index contributed by atoms with van der Waals surface area (Å²) in [7, 11) is 2.18. The molecule has 0 aliphatic heterocycles. The molecule has 0 amide bonds. The summed E-state index contributed by atoms with van der Waals surface area (Å²) in [5, 5.41) is 8.68. The van der Waals surface area contributed by atoms with Gasteiger partial charge in [0.05, 0.1) is 0 Å². The molecule has 0 aromatic carbocycles. The predicted molar refractivity (Wildman–Crippen MR) is 51.1 cm³/mol. The van der Waals surface area contributed by atoms with Crippen molar-refractivity contribution in [1.29, 1.82) is 0 Å². The number of hydrogen-bond acceptors (Lipinski definition) is 2. The number of aliphatic hydroxyl groups is 1. The van der Waals surface area contributed by atoms with Crippen molar-refractivity contribution in [3.8, 4) is 0 Å². The van der Waals surface area contributed by atoms with E-state index < -0.39 is 0 Å². The third-order valence-corrected chi connectivity index (χ3v) is 3.14. The molecule has 0 bridgehead atoms. The van der Waals surface area contributed by atoms with Crippen molar-refractivity contribution in [1.82, 2.24) is 4.90 Å². The first kappa shape index (κ1) is 10.0. The minimum atomic E-state index is 0.327. The third kappa shape index (κ3) is 2.20. The SMILES string of the molecule is CCC1CCC1N(C)CCCO. The highest BCUT2D eigenvalue weighted by Crippen LogP contribution is 2.33. The fraction of sp³-hybridized carbons (Fsp3) is 1.00. The van der Waals surface area contributed by atoms with Crippen molar-refractivity contribution in [3.63, 3.8) is 0 Å². The number of rotatable bonds is 5. The summed E-state index contributed by atoms with van der Waals surface area (Å²) in [6, 6.07) is 0.807. The minimum absolute atomic E-state index is 0.327. The maximum Gasteiger partial charge on any atom is 0.0443 e. The van der Waals surface area contributed by atoms with Crippen LogP contribution in [0.15, 0.2) is 0 Å². The van der Waals surface area contributed by atoms with E-state index in [0.717, 1.165) is 24.9 Å². The predicted octanol–water partition coefficient (Wildman–Crippen LogP) is 1.49. The first-order valence-corrected chi connectivity index (χ1v) is 5.10. The lowest BCUT2D eigenvalue weighted by molar-refractivity contribution is 0.0764. The van der Waals surface area contributed by atoms with Gasteiger partial charge in [-0.15, -0.1) is 0 Å². The molecule has 1 aliphatic rings. The van der Waals surface area contributed by atoms with Crippen LogP contribution >= 0.6 is 0 Å². The van der Waals surface area contributed by atoms with Crippen LogP contribution < -0.4 is 0 Å². The Morgan fingerprint density at radius 3 is 2.58 bits per heavy atom. The van der Waals surface area contributed by atoms with Crippen LogP contribution in [0.25, 0.3) is 0 Å². The maximum atomic E-state index is 8.68. The molecule has 72 valence electrons. The third-order valence-electron chi connectivity index (χ3n) is 3.14. The zero-order chi connectivity index (χ0) is 8.97. The van der Waals surface area contributed by atoms with Gasteiger partial charge in [-0.25, -0.2) is 0 Å². The van der Waals surface area contributed by atoms with Crippen LogP contribution in [0.4, 0.5) is 0 Å². The molecule has 1 fully saturated rings. The fourth-order valence-electron chi connectivity index (χ4n) is 2.09. The lowest BCUT2D eigenvalue weighted by atomic mass is 9.77. The van der Waals surface area contributed by atoms with E-state index in [-0.39, 0.29) is 0 Å². The number of aliphatic hydroxyl groups excluding tert-OH is 1. The van der Waals surface area contributed by atoms with Crippen molar-refractivity contribution in [2.45, 2.75) is 38.6 Å². The number of nitrogens with zero attached hydrogens (tertiary/aromatic N) is 1. The molecule has 2 unspecified atom stereocenters. The Bertz CT molecular complexity index is 125. The molecule has 2 nitrogen and oxygen atoms in total. The monoisotopic (exact) mass is 171 g/mol. The highest BCUT2D eigenvalue weighted by Gasteiger charge is 2.31. The standard InChI is InChI=1S/C10H21NO/c1-3-9-5-6-10(9)11(2)7-4-8-12/h9-10,12H,3-8H2,1-2H3. The van der Waals surface area contributed by atoms with Crippen molar-refractivity contribution in [2.24, 2.45) is 5.92 Å². The Hall–Kier alpha value is -0.0800. The van der Waals surface area contributed by atoms with Crippen LogP contribution in [0.5, 0.6) is 0 Å². The molecule has 0 aromatic heterocycles. The van der Waals surface area contributed by atoms with Gasteiger partial charge < -0.3 is 10.0 Å². The van der Waals surface area contributed by atoms with Gasteiger partial charge in [0.25, 0.3) is 0 Å². The van der Waals surface area contributed by atoms with E-state index in [1.165, 1.54) is 19.3 Å². The summed E-state index contributed by atoms with van der Waals surface area (Å²) < 4.78 is 0. The molecule has 0 radical (unpaired) electrons. The van der Waals surface area contributed by atoms with Crippen LogP contribution in [-0.4, -0.2) is 36.2 Å². The highest BCUT2D eigenvalue weighted by atomic mass is 16.3. The van der Waals surface area contributed by atoms with Gasteiger partial charge in [0.2, 0.25) is 0 Å². The summed E-state index contributed by atoms with van der Waals surface area (Å²) in [6.07, 6.45) is 5.00. The zero-order valence-corrected chi connectivity index (χ0v) is 8.29. The lowest BCUT2D eigenvalue weighted by Crippen LogP contribution is -2.45. The molecule has 2 heteroatoms. The van der Waals surface area contributed by atoms with E-state index in [9.17, 15) is 0 Å². The van der Waals surface area contributed by atoms with Gasteiger partial charge in [0.1, 0.15) is 0 Å². The van der Waals surface area contributed by atoms with Gasteiger partial charge in [0.15, 0.2) is 0 Å². The van der Waals surface area contributed by atoms with E-state index in [2.05, 4.69) is 18.9 Å². The molecule has 0 heterocycles. The zero-order valence-electron chi connectivity index (χ0n) is 8.29. The van der Waals surface area contributed by atoms with Gasteiger partial charge in [-0.1, -0.05) is 13.3 Å². The largest absolute Gasteiger partial charge is 0.396 e. The smallest absolute Gasteiger partial charge is 0.0443 e. The lowest BCUT2D eigenvalue weighted by Gasteiger charge is -2.42. The van der Waals surface area contributed by atoms with E-state index in [4.69, 9.17) is 5.11 Å². The molecule has 1 rings (SSSR count). The van der Waals surface area contributed by atoms with Gasteiger partial charge in [-0.05, 0) is 32.2 Å². The average molecular weight is 171 g/mol. The van der Waals surface area contributed by atoms with Gasteiger partial charge in [0, 0.05) is 19.2 Å². The van der Waals surface area contributed by atoms with Crippen LogP contribution in [0.3, 0.4) is 0 Å². The summed E-state index contributed by atoms with van der Waals surface area (Å²) in [6.45, 7) is 3.65. The van der Waals surface area contributed by atoms with Crippen LogP contribution in [0, 0.1) is 5.92 Å². The second-order valence-corrected chi connectivity index (χ2v) is 3.87. The number of hydrogen-bond donors (Lipinski definition) is 1. The highest BCUT2D eigenvalue weighted by molar-refractivity contribution is 4.86. The first-order valence-electron chi connectivity index (χ1n) is 5.10. The van der Waals surface area contributed by atoms with E-state index in [0.29, 0.717) is 6.61 Å². The second-order valence-electron chi connectivity index (χ2n) is 3.87. The molecule has 0 aromatic rings. The van der Waals surface area contributed by atoms with Crippen molar-refractivity contribution in [3.05, 3.63) is 0 Å². The summed E-state index contributed by atoms with van der Waals surface area (Å²) in [4.78, 5) is 2.41. The minimum Gasteiger partial charge on any atom is -0.396 e. The second kappa shape index (κ2) is 4.83. The Morgan fingerprint density at radius 1 is 1.42 bits per heavy atom. The van der Waals surface area contributed by atoms with Crippen LogP contribution in [0.1, 0.15) is 32.6 Å². The normalized spacial score (nSPS) is 29.0. The molecule has 12 heavy (non-hydrogen) atoms. The van der Waals surface area contributed by atoms with Gasteiger partial charge in [-0.3, -0.25) is 0 Å². The van der Waals surface area contributed by atoms with Crippen molar-refractivity contribution in [2.75, 3.05) is 20.2 Å². The molecular formula is C10H21NO. The molecule has 2 atom stereocenters. The summed E-state index contributed by atoms with van der Waals surface area (Å²) >= 11 is 0. The first-order chi connectivity index (χ1) is 5.79. The Morgan fingerprint density at radius 2 is 2.17 bits per heavy atom. The Balaban J connectivity index is 2.18. The fourth-order valence-corrected chi connectivity index (χ4v) is 2.09. The summed E-state index contributed by atoms with van der Waals surface area (Å²) in [5.74, 6) is 0.925. The Labute approximate surface area is 75.6 Å². The van der Waals surface area contributed by atoms with Gasteiger partial charge in [-0.2, -0.15) is 0 Å². The molecular weight excluding hydrogens is 150 g/mol. The quantitative estimate of drug-likeness (QED) is 0.677. The molecule has 1 aliphatic carbocycles. The van der Waals surface area contributed by atoms with Crippen LogP contribution in [0.2, 0.25) is 0 Å². The van der Waals surface area contributed by atoms with E-state index in [1.807, 2.05) is 0 Å². The molecule has 1 saturated carbocycles. The topological polar surface area (TPSA) is 23.5 Å². The summed E-state index contributed by atoms with van der Waals surface area (Å²) in [5.41, 5.74) is 0. The Kier molecular flexibility index (Phi) is 4.02.